The smallest absolute Gasteiger partial charge is 0.121 e. The summed E-state index contributed by atoms with van der Waals surface area (Å²) in [5.74, 6) is 0.758. The molecule has 3 rings (SSSR count). The number of aliphatic hydroxyl groups is 1. The number of nitrogens with one attached hydrogen (secondary N) is 1. The predicted molar refractivity (Wildman–Crippen MR) is 105 cm³/mol. The Bertz CT molecular complexity index is 828. The minimum atomic E-state index is -0.591. The molecule has 1 heterocycles. The van der Waals surface area contributed by atoms with Gasteiger partial charge in [0.05, 0.1) is 24.4 Å². The fourth-order valence-electron chi connectivity index (χ4n) is 2.55. The van der Waals surface area contributed by atoms with Gasteiger partial charge in [-0.15, -0.1) is 12.4 Å². The number of benzene rings is 2. The summed E-state index contributed by atoms with van der Waals surface area (Å²) in [7, 11) is 1.64. The number of fused-ring (bicyclic) bond motifs is 1. The first-order chi connectivity index (χ1) is 11.7. The number of rotatable bonds is 6. The van der Waals surface area contributed by atoms with Crippen molar-refractivity contribution in [3.05, 3.63) is 54.6 Å². The van der Waals surface area contributed by atoms with Gasteiger partial charge in [0, 0.05) is 35.8 Å². The van der Waals surface area contributed by atoms with Crippen molar-refractivity contribution in [2.45, 2.75) is 6.10 Å². The van der Waals surface area contributed by atoms with Crippen molar-refractivity contribution in [1.82, 2.24) is 4.98 Å². The Balaban J connectivity index is 0.00000225. The standard InChI is InChI=1S/C19H21N3O2.ClH/c1-24-15-7-8-16-18(21-12-14(23)11-20)10-17(22-19(16)9-15)13-5-3-2-4-6-13;/h2-10,14,23H,11-12,20H2,1H3,(H,21,22);1H. The molecule has 4 N–H and O–H groups in total. The first-order valence-corrected chi connectivity index (χ1v) is 7.87. The predicted octanol–water partition coefficient (Wildman–Crippen LogP) is 3.06. The number of pyridine rings is 1. The second-order valence-electron chi connectivity index (χ2n) is 5.57. The summed E-state index contributed by atoms with van der Waals surface area (Å²) in [6, 6.07) is 17.8. The lowest BCUT2D eigenvalue weighted by Gasteiger charge is -2.15. The number of aromatic nitrogens is 1. The summed E-state index contributed by atoms with van der Waals surface area (Å²) in [5.41, 5.74) is 9.13. The van der Waals surface area contributed by atoms with Gasteiger partial charge in [-0.3, -0.25) is 0 Å². The van der Waals surface area contributed by atoms with Gasteiger partial charge in [0.2, 0.25) is 0 Å². The van der Waals surface area contributed by atoms with Crippen LogP contribution in [0.25, 0.3) is 22.2 Å². The number of aliphatic hydroxyl groups excluding tert-OH is 1. The molecule has 0 aliphatic heterocycles. The van der Waals surface area contributed by atoms with Crippen molar-refractivity contribution in [3.8, 4) is 17.0 Å². The van der Waals surface area contributed by atoms with Gasteiger partial charge in [-0.1, -0.05) is 30.3 Å². The van der Waals surface area contributed by atoms with Gasteiger partial charge < -0.3 is 20.9 Å². The van der Waals surface area contributed by atoms with E-state index in [9.17, 15) is 5.11 Å². The third-order valence-electron chi connectivity index (χ3n) is 3.89. The molecule has 0 aliphatic carbocycles. The number of nitrogens with two attached hydrogens (primary N) is 1. The molecular weight excluding hydrogens is 338 g/mol. The molecule has 25 heavy (non-hydrogen) atoms. The summed E-state index contributed by atoms with van der Waals surface area (Å²) < 4.78 is 5.31. The highest BCUT2D eigenvalue weighted by atomic mass is 35.5. The van der Waals surface area contributed by atoms with Crippen molar-refractivity contribution >= 4 is 29.0 Å². The van der Waals surface area contributed by atoms with Crippen LogP contribution in [-0.4, -0.2) is 36.4 Å². The second kappa shape index (κ2) is 8.67. The van der Waals surface area contributed by atoms with Crippen LogP contribution < -0.4 is 15.8 Å². The van der Waals surface area contributed by atoms with Crippen molar-refractivity contribution < 1.29 is 9.84 Å². The zero-order chi connectivity index (χ0) is 16.9. The number of nitrogens with zero attached hydrogens (tertiary/aromatic N) is 1. The van der Waals surface area contributed by atoms with Crippen LogP contribution in [0.3, 0.4) is 0 Å². The van der Waals surface area contributed by atoms with E-state index >= 15 is 0 Å². The van der Waals surface area contributed by atoms with Gasteiger partial charge in [0.25, 0.3) is 0 Å². The van der Waals surface area contributed by atoms with Crippen LogP contribution in [0.15, 0.2) is 54.6 Å². The largest absolute Gasteiger partial charge is 0.497 e. The lowest BCUT2D eigenvalue weighted by atomic mass is 10.1. The topological polar surface area (TPSA) is 80.4 Å². The summed E-state index contributed by atoms with van der Waals surface area (Å²) >= 11 is 0. The van der Waals surface area contributed by atoms with Crippen LogP contribution in [-0.2, 0) is 0 Å². The molecule has 1 unspecified atom stereocenters. The average molecular weight is 360 g/mol. The van der Waals surface area contributed by atoms with Gasteiger partial charge in [-0.2, -0.15) is 0 Å². The minimum absolute atomic E-state index is 0. The number of methoxy groups -OCH3 is 1. The Morgan fingerprint density at radius 2 is 1.92 bits per heavy atom. The molecule has 0 bridgehead atoms. The van der Waals surface area contributed by atoms with Crippen molar-refractivity contribution in [2.75, 3.05) is 25.5 Å². The molecule has 2 aromatic carbocycles. The molecule has 0 aliphatic rings. The molecule has 1 atom stereocenters. The van der Waals surface area contributed by atoms with E-state index in [1.165, 1.54) is 0 Å². The van der Waals surface area contributed by atoms with Crippen LogP contribution >= 0.6 is 12.4 Å². The molecule has 6 heteroatoms. The maximum atomic E-state index is 9.74. The second-order valence-corrected chi connectivity index (χ2v) is 5.57. The van der Waals surface area contributed by atoms with Crippen LogP contribution in [0, 0.1) is 0 Å². The molecule has 0 radical (unpaired) electrons. The monoisotopic (exact) mass is 359 g/mol. The molecule has 1 aromatic heterocycles. The Kier molecular flexibility index (Phi) is 6.58. The van der Waals surface area contributed by atoms with Crippen LogP contribution in [0.2, 0.25) is 0 Å². The highest BCUT2D eigenvalue weighted by Gasteiger charge is 2.10. The van der Waals surface area contributed by atoms with Crippen LogP contribution in [0.4, 0.5) is 5.69 Å². The van der Waals surface area contributed by atoms with Gasteiger partial charge in [-0.05, 0) is 18.2 Å². The first-order valence-electron chi connectivity index (χ1n) is 7.87. The molecular formula is C19H22ClN3O2. The van der Waals surface area contributed by atoms with E-state index in [1.807, 2.05) is 54.6 Å². The number of hydrogen-bond acceptors (Lipinski definition) is 5. The Morgan fingerprint density at radius 3 is 2.60 bits per heavy atom. The van der Waals surface area contributed by atoms with E-state index in [1.54, 1.807) is 7.11 Å². The molecule has 5 nitrogen and oxygen atoms in total. The van der Waals surface area contributed by atoms with Crippen LogP contribution in [0.1, 0.15) is 0 Å². The summed E-state index contributed by atoms with van der Waals surface area (Å²) in [6.45, 7) is 0.602. The third kappa shape index (κ3) is 4.39. The van der Waals surface area contributed by atoms with Crippen molar-refractivity contribution in [1.29, 1.82) is 0 Å². The summed E-state index contributed by atoms with van der Waals surface area (Å²) in [6.07, 6.45) is -0.591. The maximum absolute atomic E-state index is 9.74. The number of hydrogen-bond donors (Lipinski definition) is 3. The Hall–Kier alpha value is -2.34. The fraction of sp³-hybridized carbons (Fsp3) is 0.211. The molecule has 132 valence electrons. The quantitative estimate of drug-likeness (QED) is 0.630. The van der Waals surface area contributed by atoms with Crippen molar-refractivity contribution in [2.24, 2.45) is 5.73 Å². The molecule has 0 saturated heterocycles. The van der Waals surface area contributed by atoms with Gasteiger partial charge in [0.15, 0.2) is 0 Å². The minimum Gasteiger partial charge on any atom is -0.497 e. The van der Waals surface area contributed by atoms with Crippen LogP contribution in [0.5, 0.6) is 5.75 Å². The highest BCUT2D eigenvalue weighted by molar-refractivity contribution is 5.94. The van der Waals surface area contributed by atoms with Gasteiger partial charge in [0.1, 0.15) is 5.75 Å². The van der Waals surface area contributed by atoms with E-state index in [0.717, 1.165) is 33.6 Å². The van der Waals surface area contributed by atoms with E-state index < -0.39 is 6.10 Å². The molecule has 0 saturated carbocycles. The summed E-state index contributed by atoms with van der Waals surface area (Å²) in [5, 5.41) is 14.0. The third-order valence-corrected chi connectivity index (χ3v) is 3.89. The normalized spacial score (nSPS) is 11.6. The number of ether oxygens (including phenoxy) is 1. The number of anilines is 1. The maximum Gasteiger partial charge on any atom is 0.121 e. The van der Waals surface area contributed by atoms with E-state index in [0.29, 0.717) is 6.54 Å². The summed E-state index contributed by atoms with van der Waals surface area (Å²) in [4.78, 5) is 4.75. The van der Waals surface area contributed by atoms with Gasteiger partial charge >= 0.3 is 0 Å². The van der Waals surface area contributed by atoms with E-state index in [2.05, 4.69) is 5.32 Å². The Morgan fingerprint density at radius 1 is 1.16 bits per heavy atom. The SMILES string of the molecule is COc1ccc2c(NCC(O)CN)cc(-c3ccccc3)nc2c1.Cl. The van der Waals surface area contributed by atoms with E-state index in [4.69, 9.17) is 15.5 Å². The van der Waals surface area contributed by atoms with Gasteiger partial charge in [-0.25, -0.2) is 4.98 Å². The molecule has 0 fully saturated rings. The number of halogens is 1. The molecule has 0 amide bonds. The zero-order valence-electron chi connectivity index (χ0n) is 14.0. The average Bonchev–Trinajstić information content (AvgIpc) is 2.65. The lowest BCUT2D eigenvalue weighted by molar-refractivity contribution is 0.196. The highest BCUT2D eigenvalue weighted by Crippen LogP contribution is 2.30. The Labute approximate surface area is 153 Å². The first kappa shape index (κ1) is 19.0. The zero-order valence-corrected chi connectivity index (χ0v) is 14.8. The lowest BCUT2D eigenvalue weighted by Crippen LogP contribution is -2.27. The van der Waals surface area contributed by atoms with E-state index in [-0.39, 0.29) is 19.0 Å². The fourth-order valence-corrected chi connectivity index (χ4v) is 2.55. The molecule has 0 spiro atoms. The van der Waals surface area contributed by atoms with Crippen molar-refractivity contribution in [3.63, 3.8) is 0 Å². The molecule has 3 aromatic rings.